The maximum atomic E-state index is 8.68. The zero-order chi connectivity index (χ0) is 12.1. The van der Waals surface area contributed by atoms with E-state index in [1.54, 1.807) is 18.7 Å². The Morgan fingerprint density at radius 3 is 2.25 bits per heavy atom. The van der Waals surface area contributed by atoms with E-state index in [4.69, 9.17) is 16.3 Å². The number of hydrogen-bond acceptors (Lipinski definition) is 6. The summed E-state index contributed by atoms with van der Waals surface area (Å²) < 4.78 is 0. The lowest BCUT2D eigenvalue weighted by Gasteiger charge is -2.19. The fourth-order valence-electron chi connectivity index (χ4n) is 1.32. The average molecular weight is 216 g/mol. The first kappa shape index (κ1) is 11.7. The van der Waals surface area contributed by atoms with Crippen LogP contribution in [0.25, 0.3) is 0 Å². The van der Waals surface area contributed by atoms with Gasteiger partial charge in [0.25, 0.3) is 0 Å². The topological polar surface area (TPSA) is 103 Å². The quantitative estimate of drug-likeness (QED) is 0.739. The van der Waals surface area contributed by atoms with Crippen molar-refractivity contribution in [2.75, 3.05) is 23.7 Å². The van der Waals surface area contributed by atoms with E-state index in [1.807, 2.05) is 12.1 Å². The van der Waals surface area contributed by atoms with Gasteiger partial charge in [0.15, 0.2) is 0 Å². The molecule has 0 aliphatic carbocycles. The molecule has 0 amide bonds. The molecule has 6 nitrogen and oxygen atoms in total. The summed E-state index contributed by atoms with van der Waals surface area (Å²) in [5, 5.41) is 17.4. The maximum Gasteiger partial charge on any atom is 0.139 e. The number of anilines is 2. The van der Waals surface area contributed by atoms with Crippen molar-refractivity contribution in [3.63, 3.8) is 0 Å². The number of nitrogen functional groups attached to an aromatic ring is 1. The second-order valence-corrected chi connectivity index (χ2v) is 3.28. The largest absolute Gasteiger partial charge is 0.383 e. The van der Waals surface area contributed by atoms with Crippen LogP contribution in [0, 0.1) is 36.5 Å². The third-order valence-electron chi connectivity index (χ3n) is 2.09. The van der Waals surface area contributed by atoms with Gasteiger partial charge in [-0.05, 0) is 13.8 Å². The number of rotatable bonds is 3. The summed E-state index contributed by atoms with van der Waals surface area (Å²) in [5.41, 5.74) is 6.40. The predicted molar refractivity (Wildman–Crippen MR) is 59.4 cm³/mol. The zero-order valence-corrected chi connectivity index (χ0v) is 9.23. The summed E-state index contributed by atoms with van der Waals surface area (Å²) in [6.45, 7) is 3.69. The average Bonchev–Trinajstić information content (AvgIpc) is 2.23. The smallest absolute Gasteiger partial charge is 0.139 e. The molecule has 0 spiro atoms. The van der Waals surface area contributed by atoms with Crippen LogP contribution >= 0.6 is 0 Å². The molecule has 0 aliphatic rings. The van der Waals surface area contributed by atoms with Gasteiger partial charge in [0.05, 0.1) is 12.1 Å². The Labute approximate surface area is 93.9 Å². The summed E-state index contributed by atoms with van der Waals surface area (Å²) >= 11 is 0. The van der Waals surface area contributed by atoms with Gasteiger partial charge in [-0.2, -0.15) is 10.5 Å². The first-order chi connectivity index (χ1) is 7.60. The fraction of sp³-hybridized carbons (Fsp3) is 0.400. The van der Waals surface area contributed by atoms with Gasteiger partial charge in [-0.3, -0.25) is 0 Å². The molecule has 0 aromatic carbocycles. The van der Waals surface area contributed by atoms with Crippen molar-refractivity contribution in [2.45, 2.75) is 13.8 Å². The van der Waals surface area contributed by atoms with E-state index in [1.165, 1.54) is 0 Å². The number of aromatic nitrogens is 2. The van der Waals surface area contributed by atoms with E-state index in [2.05, 4.69) is 9.97 Å². The molecule has 6 heteroatoms. The van der Waals surface area contributed by atoms with Gasteiger partial charge >= 0.3 is 0 Å². The summed E-state index contributed by atoms with van der Waals surface area (Å²) in [7, 11) is 0. The second-order valence-electron chi connectivity index (χ2n) is 3.28. The maximum absolute atomic E-state index is 8.68. The third kappa shape index (κ3) is 2.37. The molecule has 0 saturated heterocycles. The molecule has 16 heavy (non-hydrogen) atoms. The Hall–Kier alpha value is -2.34. The number of aryl methyl sites for hydroxylation is 1. The molecule has 0 unspecified atom stereocenters. The SMILES string of the molecule is Cc1nc(N)c(C)c(N(CC#N)CC#N)n1. The monoisotopic (exact) mass is 216 g/mol. The molecule has 0 fully saturated rings. The van der Waals surface area contributed by atoms with Crippen LogP contribution in [0.1, 0.15) is 11.4 Å². The molecule has 1 aromatic heterocycles. The van der Waals surface area contributed by atoms with Gasteiger partial charge < -0.3 is 10.6 Å². The van der Waals surface area contributed by atoms with Crippen molar-refractivity contribution in [1.29, 1.82) is 10.5 Å². The molecule has 1 heterocycles. The van der Waals surface area contributed by atoms with Crippen molar-refractivity contribution >= 4 is 11.6 Å². The molecule has 0 aliphatic heterocycles. The minimum Gasteiger partial charge on any atom is -0.383 e. The van der Waals surface area contributed by atoms with Crippen molar-refractivity contribution in [1.82, 2.24) is 9.97 Å². The minimum atomic E-state index is 0.101. The van der Waals surface area contributed by atoms with Crippen LogP contribution in [-0.4, -0.2) is 23.1 Å². The highest BCUT2D eigenvalue weighted by Crippen LogP contribution is 2.20. The van der Waals surface area contributed by atoms with Gasteiger partial charge in [0.2, 0.25) is 0 Å². The fourth-order valence-corrected chi connectivity index (χ4v) is 1.32. The summed E-state index contributed by atoms with van der Waals surface area (Å²) in [5.74, 6) is 1.45. The van der Waals surface area contributed by atoms with Crippen molar-refractivity contribution < 1.29 is 0 Å². The molecule has 0 saturated carbocycles. The van der Waals surface area contributed by atoms with E-state index >= 15 is 0 Å². The van der Waals surface area contributed by atoms with E-state index in [0.717, 1.165) is 0 Å². The van der Waals surface area contributed by atoms with Crippen LogP contribution in [0.2, 0.25) is 0 Å². The summed E-state index contributed by atoms with van der Waals surface area (Å²) in [6, 6.07) is 3.98. The van der Waals surface area contributed by atoms with Gasteiger partial charge in [0.1, 0.15) is 30.5 Å². The Morgan fingerprint density at radius 2 is 1.75 bits per heavy atom. The molecular formula is C10H12N6. The van der Waals surface area contributed by atoms with E-state index in [9.17, 15) is 0 Å². The van der Waals surface area contributed by atoms with E-state index in [0.29, 0.717) is 23.0 Å². The van der Waals surface area contributed by atoms with Crippen LogP contribution in [-0.2, 0) is 0 Å². The number of nitriles is 2. The Bertz CT molecular complexity index is 451. The zero-order valence-electron chi connectivity index (χ0n) is 9.23. The molecule has 0 bridgehead atoms. The molecule has 1 rings (SSSR count). The lowest BCUT2D eigenvalue weighted by atomic mass is 10.3. The predicted octanol–water partition coefficient (Wildman–Crippen LogP) is 0.529. The normalized spacial score (nSPS) is 9.25. The highest BCUT2D eigenvalue weighted by Gasteiger charge is 2.13. The van der Waals surface area contributed by atoms with Gasteiger partial charge in [-0.1, -0.05) is 0 Å². The first-order valence-electron chi connectivity index (χ1n) is 4.69. The molecule has 82 valence electrons. The summed E-state index contributed by atoms with van der Waals surface area (Å²) in [4.78, 5) is 9.78. The molecule has 2 N–H and O–H groups in total. The van der Waals surface area contributed by atoms with E-state index in [-0.39, 0.29) is 13.1 Å². The van der Waals surface area contributed by atoms with E-state index < -0.39 is 0 Å². The number of nitrogens with two attached hydrogens (primary N) is 1. The summed E-state index contributed by atoms with van der Waals surface area (Å²) in [6.07, 6.45) is 0. The Morgan fingerprint density at radius 1 is 1.19 bits per heavy atom. The van der Waals surface area contributed by atoms with Crippen LogP contribution < -0.4 is 10.6 Å². The Balaban J connectivity index is 3.19. The van der Waals surface area contributed by atoms with Crippen LogP contribution in [0.4, 0.5) is 11.6 Å². The lowest BCUT2D eigenvalue weighted by Crippen LogP contribution is -2.26. The molecule has 0 radical (unpaired) electrons. The Kier molecular flexibility index (Phi) is 3.62. The molecule has 0 atom stereocenters. The second kappa shape index (κ2) is 4.94. The van der Waals surface area contributed by atoms with Gasteiger partial charge in [-0.25, -0.2) is 9.97 Å². The highest BCUT2D eigenvalue weighted by atomic mass is 15.2. The van der Waals surface area contributed by atoms with Crippen molar-refractivity contribution in [3.8, 4) is 12.1 Å². The van der Waals surface area contributed by atoms with Crippen LogP contribution in [0.15, 0.2) is 0 Å². The molecule has 1 aromatic rings. The van der Waals surface area contributed by atoms with Gasteiger partial charge in [-0.15, -0.1) is 0 Å². The van der Waals surface area contributed by atoms with Crippen LogP contribution in [0.5, 0.6) is 0 Å². The van der Waals surface area contributed by atoms with Crippen LogP contribution in [0.3, 0.4) is 0 Å². The molecular weight excluding hydrogens is 204 g/mol. The number of hydrogen-bond donors (Lipinski definition) is 1. The third-order valence-corrected chi connectivity index (χ3v) is 2.09. The first-order valence-corrected chi connectivity index (χ1v) is 4.69. The standard InChI is InChI=1S/C10H12N6/c1-7-9(13)14-8(2)15-10(7)16(5-3-11)6-4-12/h5-6H2,1-2H3,(H2,13,14,15). The lowest BCUT2D eigenvalue weighted by molar-refractivity contribution is 0.900. The van der Waals surface area contributed by atoms with Crippen molar-refractivity contribution in [3.05, 3.63) is 11.4 Å². The number of nitrogens with zero attached hydrogens (tertiary/aromatic N) is 5. The van der Waals surface area contributed by atoms with Gasteiger partial charge in [0, 0.05) is 5.56 Å². The minimum absolute atomic E-state index is 0.101. The highest BCUT2D eigenvalue weighted by molar-refractivity contribution is 5.57. The van der Waals surface area contributed by atoms with Crippen molar-refractivity contribution in [2.24, 2.45) is 0 Å².